The van der Waals surface area contributed by atoms with Crippen molar-refractivity contribution in [2.75, 3.05) is 31.3 Å². The van der Waals surface area contributed by atoms with Gasteiger partial charge in [-0.05, 0) is 26.1 Å². The number of halogens is 2. The molecule has 0 radical (unpaired) electrons. The van der Waals surface area contributed by atoms with E-state index < -0.39 is 11.6 Å². The van der Waals surface area contributed by atoms with Gasteiger partial charge in [-0.2, -0.15) is 4.39 Å². The molecule has 2 aromatic rings. The van der Waals surface area contributed by atoms with E-state index in [4.69, 9.17) is 14.5 Å². The second-order valence-corrected chi connectivity index (χ2v) is 8.09. The van der Waals surface area contributed by atoms with Gasteiger partial charge < -0.3 is 14.4 Å². The predicted molar refractivity (Wildman–Crippen MR) is 123 cm³/mol. The number of nitrogens with zero attached hydrogens (tertiary/aromatic N) is 5. The monoisotopic (exact) mass is 455 g/mol. The van der Waals surface area contributed by atoms with Crippen molar-refractivity contribution in [3.8, 4) is 5.75 Å². The van der Waals surface area contributed by atoms with Crippen molar-refractivity contribution in [1.82, 2.24) is 9.97 Å². The third-order valence-corrected chi connectivity index (χ3v) is 5.90. The second-order valence-electron chi connectivity index (χ2n) is 8.09. The third-order valence-electron chi connectivity index (χ3n) is 5.90. The van der Waals surface area contributed by atoms with Gasteiger partial charge in [0.15, 0.2) is 11.6 Å². The quantitative estimate of drug-likeness (QED) is 0.563. The maximum Gasteiger partial charge on any atom is 0.200 e. The van der Waals surface area contributed by atoms with Crippen LogP contribution in [0.5, 0.6) is 5.75 Å². The van der Waals surface area contributed by atoms with Crippen LogP contribution in [0.3, 0.4) is 0 Å². The Hall–Kier alpha value is -3.20. The Morgan fingerprint density at radius 2 is 2.06 bits per heavy atom. The molecular weight excluding hydrogens is 428 g/mol. The average Bonchev–Trinajstić information content (AvgIpc) is 2.79. The first-order valence-corrected chi connectivity index (χ1v) is 11.0. The number of rotatable bonds is 8. The highest BCUT2D eigenvalue weighted by molar-refractivity contribution is 6.03. The molecule has 0 bridgehead atoms. The lowest BCUT2D eigenvalue weighted by Crippen LogP contribution is -2.43. The van der Waals surface area contributed by atoms with E-state index in [1.54, 1.807) is 30.7 Å². The maximum atomic E-state index is 14.4. The smallest absolute Gasteiger partial charge is 0.200 e. The van der Waals surface area contributed by atoms with E-state index in [1.165, 1.54) is 6.07 Å². The van der Waals surface area contributed by atoms with Crippen LogP contribution in [0.1, 0.15) is 25.6 Å². The standard InChI is InChI=1S/C24H27F2N5O2/c1-16-19(12-27-2)21(30-13-23-28-6-3-7-29-23)4-8-31(16)18-10-20(25)24(26)22(11-18)33-9-5-17-14-32-15-17/h3,6-7,10-12,16-17H,2,4-5,8-9,13-15H2,1H3. The lowest BCUT2D eigenvalue weighted by atomic mass is 9.94. The largest absolute Gasteiger partial charge is 0.490 e. The van der Waals surface area contributed by atoms with E-state index in [2.05, 4.69) is 21.7 Å². The SMILES string of the molecule is C=NC=C1C(=NCc2ncccn2)CCN(c2cc(F)c(F)c(OCCC3COC3)c2)C1C. The summed E-state index contributed by atoms with van der Waals surface area (Å²) in [4.78, 5) is 19.0. The van der Waals surface area contributed by atoms with Crippen molar-refractivity contribution in [2.45, 2.75) is 32.4 Å². The lowest BCUT2D eigenvalue weighted by molar-refractivity contribution is -0.0402. The summed E-state index contributed by atoms with van der Waals surface area (Å²) >= 11 is 0. The van der Waals surface area contributed by atoms with Gasteiger partial charge in [-0.3, -0.25) is 9.98 Å². The van der Waals surface area contributed by atoms with Crippen molar-refractivity contribution in [3.63, 3.8) is 0 Å². The van der Waals surface area contributed by atoms with E-state index in [-0.39, 0.29) is 11.8 Å². The molecule has 3 heterocycles. The van der Waals surface area contributed by atoms with Gasteiger partial charge in [-0.15, -0.1) is 0 Å². The lowest BCUT2D eigenvalue weighted by Gasteiger charge is -2.38. The summed E-state index contributed by atoms with van der Waals surface area (Å²) in [5.41, 5.74) is 2.29. The maximum absolute atomic E-state index is 14.4. The van der Waals surface area contributed by atoms with E-state index in [9.17, 15) is 8.78 Å². The fraction of sp³-hybridized carbons (Fsp3) is 0.417. The first-order chi connectivity index (χ1) is 16.1. The Bertz CT molecular complexity index is 1040. The van der Waals surface area contributed by atoms with Gasteiger partial charge in [0, 0.05) is 66.6 Å². The molecule has 174 valence electrons. The molecule has 9 heteroatoms. The Kier molecular flexibility index (Phi) is 7.39. The predicted octanol–water partition coefficient (Wildman–Crippen LogP) is 3.99. The minimum Gasteiger partial charge on any atom is -0.490 e. The van der Waals surface area contributed by atoms with Crippen LogP contribution in [0.2, 0.25) is 0 Å². The number of ether oxygens (including phenoxy) is 2. The van der Waals surface area contributed by atoms with Crippen molar-refractivity contribution >= 4 is 18.1 Å². The van der Waals surface area contributed by atoms with Crippen LogP contribution in [0, 0.1) is 17.6 Å². The number of aromatic nitrogens is 2. The number of hydrogen-bond donors (Lipinski definition) is 0. The molecule has 1 aromatic heterocycles. The summed E-state index contributed by atoms with van der Waals surface area (Å²) in [6, 6.07) is 4.35. The van der Waals surface area contributed by atoms with Crippen molar-refractivity contribution in [1.29, 1.82) is 0 Å². The van der Waals surface area contributed by atoms with Crippen molar-refractivity contribution in [3.05, 3.63) is 59.8 Å². The fourth-order valence-electron chi connectivity index (χ4n) is 3.96. The van der Waals surface area contributed by atoms with Crippen LogP contribution in [0.25, 0.3) is 0 Å². The number of aliphatic imine (C=N–C) groups is 2. The normalized spacial score (nSPS) is 21.3. The minimum atomic E-state index is -0.970. The topological polar surface area (TPSA) is 72.2 Å². The number of piperidine rings is 1. The van der Waals surface area contributed by atoms with Gasteiger partial charge in [0.2, 0.25) is 5.82 Å². The van der Waals surface area contributed by atoms with E-state index in [0.29, 0.717) is 56.8 Å². The number of hydrogen-bond acceptors (Lipinski definition) is 7. The molecule has 0 saturated carbocycles. The number of anilines is 1. The van der Waals surface area contributed by atoms with Crippen LogP contribution < -0.4 is 9.64 Å². The van der Waals surface area contributed by atoms with Crippen LogP contribution >= 0.6 is 0 Å². The zero-order valence-electron chi connectivity index (χ0n) is 18.6. The van der Waals surface area contributed by atoms with E-state index in [0.717, 1.165) is 17.7 Å². The van der Waals surface area contributed by atoms with Crippen LogP contribution in [0.4, 0.5) is 14.5 Å². The van der Waals surface area contributed by atoms with Crippen LogP contribution in [-0.4, -0.2) is 54.8 Å². The average molecular weight is 456 g/mol. The first-order valence-electron chi connectivity index (χ1n) is 11.0. The van der Waals surface area contributed by atoms with Gasteiger partial charge in [0.05, 0.1) is 32.4 Å². The highest BCUT2D eigenvalue weighted by Gasteiger charge is 2.29. The molecule has 33 heavy (non-hydrogen) atoms. The summed E-state index contributed by atoms with van der Waals surface area (Å²) < 4.78 is 39.5. The molecule has 1 unspecified atom stereocenters. The van der Waals surface area contributed by atoms with Gasteiger partial charge in [-0.25, -0.2) is 14.4 Å². The highest BCUT2D eigenvalue weighted by atomic mass is 19.2. The molecule has 4 rings (SSSR count). The Labute approximate surface area is 191 Å². The first kappa shape index (κ1) is 23.0. The molecule has 2 fully saturated rings. The summed E-state index contributed by atoms with van der Waals surface area (Å²) in [5.74, 6) is -0.940. The molecule has 2 aliphatic rings. The van der Waals surface area contributed by atoms with E-state index >= 15 is 0 Å². The number of benzene rings is 1. The van der Waals surface area contributed by atoms with Gasteiger partial charge in [0.1, 0.15) is 5.82 Å². The summed E-state index contributed by atoms with van der Waals surface area (Å²) in [6.07, 6.45) is 6.38. The van der Waals surface area contributed by atoms with Crippen LogP contribution in [0.15, 0.2) is 52.4 Å². The molecule has 0 amide bonds. The Balaban J connectivity index is 1.51. The van der Waals surface area contributed by atoms with Gasteiger partial charge in [0.25, 0.3) is 0 Å². The highest BCUT2D eigenvalue weighted by Crippen LogP contribution is 2.33. The molecule has 0 spiro atoms. The Morgan fingerprint density at radius 3 is 2.76 bits per heavy atom. The molecule has 2 saturated heterocycles. The molecule has 1 aromatic carbocycles. The Morgan fingerprint density at radius 1 is 1.27 bits per heavy atom. The van der Waals surface area contributed by atoms with Crippen molar-refractivity contribution < 1.29 is 18.3 Å². The summed E-state index contributed by atoms with van der Waals surface area (Å²) in [6.45, 7) is 8.18. The molecule has 1 atom stereocenters. The van der Waals surface area contributed by atoms with Gasteiger partial charge >= 0.3 is 0 Å². The molecule has 2 aliphatic heterocycles. The third kappa shape index (κ3) is 5.42. The van der Waals surface area contributed by atoms with Crippen LogP contribution in [-0.2, 0) is 11.3 Å². The summed E-state index contributed by atoms with van der Waals surface area (Å²) in [5, 5.41) is 0. The minimum absolute atomic E-state index is 0.0782. The zero-order valence-corrected chi connectivity index (χ0v) is 18.6. The zero-order chi connectivity index (χ0) is 23.2. The molecular formula is C24H27F2N5O2. The summed E-state index contributed by atoms with van der Waals surface area (Å²) in [7, 11) is 0. The molecule has 7 nitrogen and oxygen atoms in total. The van der Waals surface area contributed by atoms with E-state index in [1.807, 2.05) is 11.8 Å². The van der Waals surface area contributed by atoms with Crippen molar-refractivity contribution in [2.24, 2.45) is 15.9 Å². The second kappa shape index (κ2) is 10.6. The van der Waals surface area contributed by atoms with Gasteiger partial charge in [-0.1, -0.05) is 0 Å². The fourth-order valence-corrected chi connectivity index (χ4v) is 3.96. The molecule has 0 N–H and O–H groups in total. The molecule has 0 aliphatic carbocycles.